The Kier molecular flexibility index (Phi) is 6.40. The largest absolute Gasteiger partial charge is 0.507 e. The molecule has 1 aliphatic heterocycles. The number of aromatic nitrogens is 3. The SMILES string of the molecule is CN1CCN(C(=O)CSc2nnc(-c3cc(Br)ccc3O)n2-c2ccccc2)CC1. The van der Waals surface area contributed by atoms with Crippen molar-refractivity contribution < 1.29 is 9.90 Å². The van der Waals surface area contributed by atoms with Crippen molar-refractivity contribution in [1.82, 2.24) is 24.6 Å². The van der Waals surface area contributed by atoms with Crippen molar-refractivity contribution >= 4 is 33.6 Å². The van der Waals surface area contributed by atoms with Gasteiger partial charge in [-0.15, -0.1) is 10.2 Å². The molecule has 0 spiro atoms. The highest BCUT2D eigenvalue weighted by Crippen LogP contribution is 2.34. The van der Waals surface area contributed by atoms with Crippen LogP contribution in [0.15, 0.2) is 58.2 Å². The highest BCUT2D eigenvalue weighted by atomic mass is 79.9. The average molecular weight is 488 g/mol. The summed E-state index contributed by atoms with van der Waals surface area (Å²) in [5.74, 6) is 1.03. The van der Waals surface area contributed by atoms with E-state index in [-0.39, 0.29) is 11.7 Å². The number of phenolic OH excluding ortho intramolecular Hbond substituents is 1. The fourth-order valence-electron chi connectivity index (χ4n) is 3.31. The van der Waals surface area contributed by atoms with Gasteiger partial charge in [-0.05, 0) is 37.4 Å². The van der Waals surface area contributed by atoms with Crippen LogP contribution in [0.5, 0.6) is 5.75 Å². The van der Waals surface area contributed by atoms with E-state index in [2.05, 4.69) is 38.1 Å². The van der Waals surface area contributed by atoms with E-state index in [0.29, 0.717) is 22.3 Å². The molecule has 0 saturated carbocycles. The summed E-state index contributed by atoms with van der Waals surface area (Å²) in [5, 5.41) is 19.7. The number of phenols is 1. The van der Waals surface area contributed by atoms with Crippen LogP contribution in [0.1, 0.15) is 0 Å². The summed E-state index contributed by atoms with van der Waals surface area (Å²) < 4.78 is 2.71. The van der Waals surface area contributed by atoms with Crippen molar-refractivity contribution in [2.45, 2.75) is 5.16 Å². The van der Waals surface area contributed by atoms with Gasteiger partial charge < -0.3 is 14.9 Å². The molecule has 0 radical (unpaired) electrons. The zero-order valence-electron chi connectivity index (χ0n) is 16.5. The summed E-state index contributed by atoms with van der Waals surface area (Å²) in [7, 11) is 2.07. The number of hydrogen-bond donors (Lipinski definition) is 1. The molecule has 0 unspecified atom stereocenters. The topological polar surface area (TPSA) is 74.5 Å². The Bertz CT molecular complexity index is 1040. The zero-order valence-corrected chi connectivity index (χ0v) is 18.9. The van der Waals surface area contributed by atoms with Gasteiger partial charge in [-0.25, -0.2) is 0 Å². The second-order valence-electron chi connectivity index (χ2n) is 7.11. The lowest BCUT2D eigenvalue weighted by molar-refractivity contribution is -0.129. The first-order valence-electron chi connectivity index (χ1n) is 9.62. The van der Waals surface area contributed by atoms with Gasteiger partial charge in [0, 0.05) is 36.3 Å². The van der Waals surface area contributed by atoms with Crippen LogP contribution in [0.2, 0.25) is 0 Å². The molecule has 3 aromatic rings. The number of thioether (sulfide) groups is 1. The highest BCUT2D eigenvalue weighted by molar-refractivity contribution is 9.10. The summed E-state index contributed by atoms with van der Waals surface area (Å²) in [6.45, 7) is 3.28. The Hall–Kier alpha value is -2.36. The molecule has 1 fully saturated rings. The van der Waals surface area contributed by atoms with Crippen LogP contribution in [0.3, 0.4) is 0 Å². The summed E-state index contributed by atoms with van der Waals surface area (Å²) in [5.41, 5.74) is 1.43. The lowest BCUT2D eigenvalue weighted by Crippen LogP contribution is -2.47. The van der Waals surface area contributed by atoms with Crippen molar-refractivity contribution in [3.05, 3.63) is 53.0 Å². The van der Waals surface area contributed by atoms with Crippen LogP contribution >= 0.6 is 27.7 Å². The number of nitrogens with zero attached hydrogens (tertiary/aromatic N) is 5. The number of hydrogen-bond acceptors (Lipinski definition) is 6. The van der Waals surface area contributed by atoms with Gasteiger partial charge in [0.2, 0.25) is 5.91 Å². The first-order valence-corrected chi connectivity index (χ1v) is 11.4. The van der Waals surface area contributed by atoms with Crippen molar-refractivity contribution in [2.75, 3.05) is 39.0 Å². The molecular weight excluding hydrogens is 466 g/mol. The van der Waals surface area contributed by atoms with E-state index < -0.39 is 0 Å². The molecular formula is C21H22BrN5O2S. The molecule has 0 bridgehead atoms. The number of amides is 1. The molecule has 1 amide bonds. The van der Waals surface area contributed by atoms with Crippen LogP contribution in [0.4, 0.5) is 0 Å². The van der Waals surface area contributed by atoms with Crippen molar-refractivity contribution in [3.8, 4) is 22.8 Å². The first kappa shape index (κ1) is 20.9. The predicted octanol–water partition coefficient (Wildman–Crippen LogP) is 3.27. The van der Waals surface area contributed by atoms with Gasteiger partial charge in [0.15, 0.2) is 11.0 Å². The van der Waals surface area contributed by atoms with E-state index in [1.54, 1.807) is 12.1 Å². The van der Waals surface area contributed by atoms with Crippen LogP contribution in [0.25, 0.3) is 17.1 Å². The standard InChI is InChI=1S/C21H22BrN5O2S/c1-25-9-11-26(12-10-25)19(29)14-30-21-24-23-20(17-13-15(22)7-8-18(17)28)27(21)16-5-3-2-4-6-16/h2-8,13,28H,9-12,14H2,1H3. The second-order valence-corrected chi connectivity index (χ2v) is 8.97. The number of rotatable bonds is 5. The molecule has 4 rings (SSSR count). The molecule has 156 valence electrons. The predicted molar refractivity (Wildman–Crippen MR) is 121 cm³/mol. The van der Waals surface area contributed by atoms with Crippen LogP contribution < -0.4 is 0 Å². The minimum atomic E-state index is 0.0996. The van der Waals surface area contributed by atoms with Crippen LogP contribution in [-0.2, 0) is 4.79 Å². The zero-order chi connectivity index (χ0) is 21.1. The molecule has 1 N–H and O–H groups in total. The maximum atomic E-state index is 12.7. The Morgan fingerprint density at radius 3 is 2.57 bits per heavy atom. The maximum absolute atomic E-state index is 12.7. The van der Waals surface area contributed by atoms with Crippen molar-refractivity contribution in [1.29, 1.82) is 0 Å². The molecule has 0 aliphatic carbocycles. The molecule has 1 aliphatic rings. The Morgan fingerprint density at radius 2 is 1.83 bits per heavy atom. The van der Waals surface area contributed by atoms with Crippen molar-refractivity contribution in [3.63, 3.8) is 0 Å². The van der Waals surface area contributed by atoms with Gasteiger partial charge in [0.1, 0.15) is 5.75 Å². The average Bonchev–Trinajstić information content (AvgIpc) is 3.18. The van der Waals surface area contributed by atoms with Gasteiger partial charge in [0.05, 0.1) is 11.3 Å². The number of aromatic hydroxyl groups is 1. The second kappa shape index (κ2) is 9.20. The third kappa shape index (κ3) is 4.53. The van der Waals surface area contributed by atoms with E-state index in [1.807, 2.05) is 45.9 Å². The number of likely N-dealkylation sites (N-methyl/N-ethyl adjacent to an activating group) is 1. The molecule has 1 aromatic heterocycles. The fourth-order valence-corrected chi connectivity index (χ4v) is 4.52. The number of para-hydroxylation sites is 1. The Morgan fingerprint density at radius 1 is 1.10 bits per heavy atom. The molecule has 9 heteroatoms. The lowest BCUT2D eigenvalue weighted by atomic mass is 10.2. The van der Waals surface area contributed by atoms with E-state index in [0.717, 1.165) is 36.3 Å². The van der Waals surface area contributed by atoms with Gasteiger partial charge in [-0.1, -0.05) is 45.9 Å². The van der Waals surface area contributed by atoms with Crippen LogP contribution in [0, 0.1) is 0 Å². The highest BCUT2D eigenvalue weighted by Gasteiger charge is 2.22. The summed E-state index contributed by atoms with van der Waals surface area (Å²) >= 11 is 4.81. The third-order valence-electron chi connectivity index (χ3n) is 5.03. The molecule has 2 aromatic carbocycles. The maximum Gasteiger partial charge on any atom is 0.233 e. The summed E-state index contributed by atoms with van der Waals surface area (Å²) in [6, 6.07) is 14.9. The summed E-state index contributed by atoms with van der Waals surface area (Å²) in [4.78, 5) is 16.8. The van der Waals surface area contributed by atoms with E-state index >= 15 is 0 Å². The minimum Gasteiger partial charge on any atom is -0.507 e. The van der Waals surface area contributed by atoms with E-state index in [1.165, 1.54) is 11.8 Å². The van der Waals surface area contributed by atoms with Gasteiger partial charge in [0.25, 0.3) is 0 Å². The quantitative estimate of drug-likeness (QED) is 0.556. The number of benzene rings is 2. The third-order valence-corrected chi connectivity index (χ3v) is 6.43. The molecule has 1 saturated heterocycles. The number of carbonyl (C=O) groups is 1. The van der Waals surface area contributed by atoms with Gasteiger partial charge in [-0.3, -0.25) is 9.36 Å². The summed E-state index contributed by atoms with van der Waals surface area (Å²) in [6.07, 6.45) is 0. The lowest BCUT2D eigenvalue weighted by Gasteiger charge is -2.32. The Balaban J connectivity index is 1.63. The fraction of sp³-hybridized carbons (Fsp3) is 0.286. The van der Waals surface area contributed by atoms with E-state index in [4.69, 9.17) is 0 Å². The normalized spacial score (nSPS) is 14.8. The molecule has 7 nitrogen and oxygen atoms in total. The van der Waals surface area contributed by atoms with Gasteiger partial charge in [-0.2, -0.15) is 0 Å². The molecule has 2 heterocycles. The Labute approximate surface area is 187 Å². The number of carbonyl (C=O) groups excluding carboxylic acids is 1. The molecule has 30 heavy (non-hydrogen) atoms. The monoisotopic (exact) mass is 487 g/mol. The molecule has 0 atom stereocenters. The van der Waals surface area contributed by atoms with Crippen molar-refractivity contribution in [2.24, 2.45) is 0 Å². The van der Waals surface area contributed by atoms with Crippen LogP contribution in [-0.4, -0.2) is 74.6 Å². The van der Waals surface area contributed by atoms with E-state index in [9.17, 15) is 9.90 Å². The minimum absolute atomic E-state index is 0.0996. The smallest absolute Gasteiger partial charge is 0.233 e. The first-order chi connectivity index (χ1) is 14.5. The van der Waals surface area contributed by atoms with Gasteiger partial charge >= 0.3 is 0 Å². The number of piperazine rings is 1. The number of halogens is 1.